The van der Waals surface area contributed by atoms with Gasteiger partial charge in [0, 0.05) is 28.8 Å². The highest BCUT2D eigenvalue weighted by Crippen LogP contribution is 2.39. The number of rotatable bonds is 5. The molecule has 0 saturated carbocycles. The van der Waals surface area contributed by atoms with Crippen molar-refractivity contribution in [1.82, 2.24) is 9.47 Å². The molecule has 0 N–H and O–H groups in total. The Labute approximate surface area is 169 Å². The van der Waals surface area contributed by atoms with Gasteiger partial charge in [-0.2, -0.15) is 0 Å². The molecule has 3 aromatic rings. The smallest absolute Gasteiger partial charge is 0.243 e. The molecule has 0 radical (unpaired) electrons. The fraction of sp³-hybridized carbons (Fsp3) is 0.318. The first-order chi connectivity index (χ1) is 13.6. The van der Waals surface area contributed by atoms with E-state index in [1.165, 1.54) is 0 Å². The number of aromatic nitrogens is 1. The lowest BCUT2D eigenvalue weighted by molar-refractivity contribution is -0.132. The monoisotopic (exact) mass is 398 g/mol. The van der Waals surface area contributed by atoms with Gasteiger partial charge in [-0.05, 0) is 54.6 Å². The predicted molar refractivity (Wildman–Crippen MR) is 110 cm³/mol. The lowest BCUT2D eigenvalue weighted by Gasteiger charge is -2.27. The Bertz CT molecular complexity index is 1010. The Hall–Kier alpha value is -2.66. The van der Waals surface area contributed by atoms with Crippen LogP contribution in [-0.2, 0) is 11.3 Å². The van der Waals surface area contributed by atoms with Crippen molar-refractivity contribution in [2.24, 2.45) is 0 Å². The van der Waals surface area contributed by atoms with Crippen molar-refractivity contribution in [3.05, 3.63) is 59.2 Å². The van der Waals surface area contributed by atoms with Crippen LogP contribution in [0.5, 0.6) is 11.5 Å². The van der Waals surface area contributed by atoms with Crippen molar-refractivity contribution in [1.29, 1.82) is 0 Å². The fourth-order valence-electron chi connectivity index (χ4n) is 4.02. The number of nitrogens with zero attached hydrogens (tertiary/aromatic N) is 2. The highest BCUT2D eigenvalue weighted by atomic mass is 35.5. The Kier molecular flexibility index (Phi) is 5.18. The van der Waals surface area contributed by atoms with E-state index >= 15 is 0 Å². The summed E-state index contributed by atoms with van der Waals surface area (Å²) in [6.07, 6.45) is 3.82. The second kappa shape index (κ2) is 7.76. The topological polar surface area (TPSA) is 43.7 Å². The molecule has 2 aromatic carbocycles. The summed E-state index contributed by atoms with van der Waals surface area (Å²) in [7, 11) is 3.30. The maximum absolute atomic E-state index is 13.2. The van der Waals surface area contributed by atoms with Crippen molar-refractivity contribution in [2.45, 2.75) is 25.4 Å². The zero-order valence-electron chi connectivity index (χ0n) is 16.0. The van der Waals surface area contributed by atoms with Gasteiger partial charge >= 0.3 is 0 Å². The summed E-state index contributed by atoms with van der Waals surface area (Å²) in [4.78, 5) is 15.1. The Morgan fingerprint density at radius 3 is 2.79 bits per heavy atom. The summed E-state index contributed by atoms with van der Waals surface area (Å²) < 4.78 is 12.9. The molecule has 146 valence electrons. The lowest BCUT2D eigenvalue weighted by atomic mass is 10.0. The van der Waals surface area contributed by atoms with Crippen molar-refractivity contribution >= 4 is 28.4 Å². The molecule has 5 nitrogen and oxygen atoms in total. The SMILES string of the molecule is COc1ccc(OC)c(C2CCCN2C(=O)Cn2ccc3ccc(Cl)cc32)c1. The van der Waals surface area contributed by atoms with Crippen LogP contribution in [0, 0.1) is 0 Å². The Morgan fingerprint density at radius 2 is 2.00 bits per heavy atom. The number of likely N-dealkylation sites (tertiary alicyclic amines) is 1. The summed E-state index contributed by atoms with van der Waals surface area (Å²) >= 11 is 6.14. The van der Waals surface area contributed by atoms with Gasteiger partial charge < -0.3 is 18.9 Å². The number of fused-ring (bicyclic) bond motifs is 1. The van der Waals surface area contributed by atoms with Crippen LogP contribution < -0.4 is 9.47 Å². The van der Waals surface area contributed by atoms with Gasteiger partial charge in [0.1, 0.15) is 18.0 Å². The van der Waals surface area contributed by atoms with Crippen molar-refractivity contribution in [3.63, 3.8) is 0 Å². The molecule has 1 atom stereocenters. The van der Waals surface area contributed by atoms with E-state index in [0.717, 1.165) is 47.4 Å². The summed E-state index contributed by atoms with van der Waals surface area (Å²) in [5, 5.41) is 1.74. The molecule has 28 heavy (non-hydrogen) atoms. The van der Waals surface area contributed by atoms with Crippen molar-refractivity contribution in [3.8, 4) is 11.5 Å². The van der Waals surface area contributed by atoms with Gasteiger partial charge in [0.2, 0.25) is 5.91 Å². The minimum Gasteiger partial charge on any atom is -0.497 e. The highest BCUT2D eigenvalue weighted by Gasteiger charge is 2.32. The van der Waals surface area contributed by atoms with Gasteiger partial charge in [-0.15, -0.1) is 0 Å². The van der Waals surface area contributed by atoms with Gasteiger partial charge in [0.15, 0.2) is 0 Å². The van der Waals surface area contributed by atoms with E-state index in [1.807, 2.05) is 58.1 Å². The number of carbonyl (C=O) groups excluding carboxylic acids is 1. The summed E-state index contributed by atoms with van der Waals surface area (Å²) in [6.45, 7) is 1.02. The van der Waals surface area contributed by atoms with Crippen LogP contribution in [0.4, 0.5) is 0 Å². The molecular formula is C22H23ClN2O3. The molecule has 1 saturated heterocycles. The Balaban J connectivity index is 1.61. The average molecular weight is 399 g/mol. The highest BCUT2D eigenvalue weighted by molar-refractivity contribution is 6.31. The minimum absolute atomic E-state index is 0.0111. The molecule has 1 aromatic heterocycles. The molecule has 1 aliphatic rings. The van der Waals surface area contributed by atoms with E-state index in [1.54, 1.807) is 14.2 Å². The van der Waals surface area contributed by atoms with Crippen LogP contribution in [0.1, 0.15) is 24.4 Å². The molecule has 1 unspecified atom stereocenters. The molecule has 2 heterocycles. The van der Waals surface area contributed by atoms with Gasteiger partial charge in [-0.25, -0.2) is 0 Å². The lowest BCUT2D eigenvalue weighted by Crippen LogP contribution is -2.33. The fourth-order valence-corrected chi connectivity index (χ4v) is 4.19. The largest absolute Gasteiger partial charge is 0.497 e. The molecule has 4 rings (SSSR count). The van der Waals surface area contributed by atoms with Crippen LogP contribution in [0.15, 0.2) is 48.7 Å². The number of ether oxygens (including phenoxy) is 2. The molecule has 1 amide bonds. The van der Waals surface area contributed by atoms with Crippen LogP contribution in [0.25, 0.3) is 10.9 Å². The maximum atomic E-state index is 13.2. The van der Waals surface area contributed by atoms with Crippen LogP contribution in [0.2, 0.25) is 5.02 Å². The number of halogens is 1. The average Bonchev–Trinajstić information content (AvgIpc) is 3.35. The first-order valence-electron chi connectivity index (χ1n) is 9.36. The first-order valence-corrected chi connectivity index (χ1v) is 9.74. The van der Waals surface area contributed by atoms with E-state index in [2.05, 4.69) is 0 Å². The predicted octanol–water partition coefficient (Wildman–Crippen LogP) is 4.68. The number of amides is 1. The summed E-state index contributed by atoms with van der Waals surface area (Å²) in [6, 6.07) is 13.5. The third-order valence-electron chi connectivity index (χ3n) is 5.41. The quantitative estimate of drug-likeness (QED) is 0.627. The Morgan fingerprint density at radius 1 is 1.14 bits per heavy atom. The third-order valence-corrected chi connectivity index (χ3v) is 5.65. The van der Waals surface area contributed by atoms with Gasteiger partial charge in [0.25, 0.3) is 0 Å². The van der Waals surface area contributed by atoms with Gasteiger partial charge in [0.05, 0.1) is 20.3 Å². The zero-order valence-corrected chi connectivity index (χ0v) is 16.8. The van der Waals surface area contributed by atoms with Gasteiger partial charge in [-0.3, -0.25) is 4.79 Å². The number of hydrogen-bond acceptors (Lipinski definition) is 3. The molecule has 6 heteroatoms. The number of benzene rings is 2. The zero-order chi connectivity index (χ0) is 19.7. The van der Waals surface area contributed by atoms with E-state index in [9.17, 15) is 4.79 Å². The van der Waals surface area contributed by atoms with Crippen molar-refractivity contribution in [2.75, 3.05) is 20.8 Å². The normalized spacial score (nSPS) is 16.5. The second-order valence-corrected chi connectivity index (χ2v) is 7.44. The molecule has 0 spiro atoms. The van der Waals surface area contributed by atoms with Crippen LogP contribution in [0.3, 0.4) is 0 Å². The molecule has 0 bridgehead atoms. The summed E-state index contributed by atoms with van der Waals surface area (Å²) in [5.41, 5.74) is 1.96. The molecule has 1 fully saturated rings. The standard InChI is InChI=1S/C22H23ClN2O3/c1-27-17-7-8-21(28-2)18(13-17)19-4-3-10-25(19)22(26)14-24-11-9-15-5-6-16(23)12-20(15)24/h5-9,11-13,19H,3-4,10,14H2,1-2H3. The molecular weight excluding hydrogens is 376 g/mol. The van der Waals surface area contributed by atoms with E-state index < -0.39 is 0 Å². The molecule has 0 aliphatic carbocycles. The number of hydrogen-bond donors (Lipinski definition) is 0. The number of carbonyl (C=O) groups is 1. The number of methoxy groups -OCH3 is 2. The maximum Gasteiger partial charge on any atom is 0.243 e. The van der Waals surface area contributed by atoms with E-state index in [4.69, 9.17) is 21.1 Å². The molecule has 1 aliphatic heterocycles. The van der Waals surface area contributed by atoms with Crippen molar-refractivity contribution < 1.29 is 14.3 Å². The van der Waals surface area contributed by atoms with Crippen LogP contribution >= 0.6 is 11.6 Å². The van der Waals surface area contributed by atoms with E-state index in [0.29, 0.717) is 5.02 Å². The van der Waals surface area contributed by atoms with E-state index in [-0.39, 0.29) is 18.5 Å². The summed E-state index contributed by atoms with van der Waals surface area (Å²) in [5.74, 6) is 1.63. The van der Waals surface area contributed by atoms with Gasteiger partial charge in [-0.1, -0.05) is 17.7 Å². The minimum atomic E-state index is -0.0111. The first kappa shape index (κ1) is 18.7. The third kappa shape index (κ3) is 3.42. The second-order valence-electron chi connectivity index (χ2n) is 7.00. The van der Waals surface area contributed by atoms with Crippen LogP contribution in [-0.4, -0.2) is 36.1 Å².